The van der Waals surface area contributed by atoms with Gasteiger partial charge in [0.05, 0.1) is 0 Å². The second-order valence-electron chi connectivity index (χ2n) is 6.32. The topological polar surface area (TPSA) is 32.5 Å². The molecule has 0 saturated carbocycles. The second kappa shape index (κ2) is 6.15. The summed E-state index contributed by atoms with van der Waals surface area (Å²) in [5.41, 5.74) is 10.2. The maximum absolute atomic E-state index is 5.97. The van der Waals surface area contributed by atoms with E-state index in [-0.39, 0.29) is 6.04 Å². The van der Waals surface area contributed by atoms with Crippen molar-refractivity contribution in [3.05, 3.63) is 29.3 Å². The van der Waals surface area contributed by atoms with Crippen molar-refractivity contribution in [3.8, 4) is 0 Å². The van der Waals surface area contributed by atoms with Gasteiger partial charge in [0.25, 0.3) is 0 Å². The van der Waals surface area contributed by atoms with Crippen molar-refractivity contribution in [1.29, 1.82) is 0 Å². The number of benzene rings is 1. The van der Waals surface area contributed by atoms with Gasteiger partial charge in [0.2, 0.25) is 0 Å². The number of hydrogen-bond acceptors (Lipinski definition) is 3. The quantitative estimate of drug-likeness (QED) is 0.895. The largest absolute Gasteiger partial charge is 0.371 e. The highest BCUT2D eigenvalue weighted by atomic mass is 15.2. The predicted molar refractivity (Wildman–Crippen MR) is 85.3 cm³/mol. The van der Waals surface area contributed by atoms with Crippen molar-refractivity contribution in [2.24, 2.45) is 5.73 Å². The SMILES string of the molecule is CC(N)c1ccc2c(c1)CCN2CCCN1CCCC1. The lowest BCUT2D eigenvalue weighted by molar-refractivity contribution is 0.335. The molecule has 0 amide bonds. The van der Waals surface area contributed by atoms with E-state index in [9.17, 15) is 0 Å². The Kier molecular flexibility index (Phi) is 4.27. The molecule has 2 N–H and O–H groups in total. The molecule has 2 aliphatic heterocycles. The van der Waals surface area contributed by atoms with Gasteiger partial charge in [-0.15, -0.1) is 0 Å². The van der Waals surface area contributed by atoms with Gasteiger partial charge < -0.3 is 15.5 Å². The fraction of sp³-hybridized carbons (Fsp3) is 0.647. The molecule has 0 spiro atoms. The molecule has 0 radical (unpaired) electrons. The van der Waals surface area contributed by atoms with Crippen LogP contribution in [-0.4, -0.2) is 37.6 Å². The summed E-state index contributed by atoms with van der Waals surface area (Å²) in [6.45, 7) is 8.33. The van der Waals surface area contributed by atoms with E-state index in [0.717, 1.165) is 0 Å². The Hall–Kier alpha value is -1.06. The van der Waals surface area contributed by atoms with E-state index in [1.165, 1.54) is 75.2 Å². The predicted octanol–water partition coefficient (Wildman–Crippen LogP) is 2.55. The number of anilines is 1. The first-order valence-electron chi connectivity index (χ1n) is 8.10. The zero-order chi connectivity index (χ0) is 13.9. The molecule has 3 nitrogen and oxygen atoms in total. The van der Waals surface area contributed by atoms with Crippen LogP contribution in [0.5, 0.6) is 0 Å². The van der Waals surface area contributed by atoms with E-state index < -0.39 is 0 Å². The third-order valence-electron chi connectivity index (χ3n) is 4.72. The molecule has 1 fully saturated rings. The lowest BCUT2D eigenvalue weighted by Gasteiger charge is -2.22. The number of rotatable bonds is 5. The highest BCUT2D eigenvalue weighted by Crippen LogP contribution is 2.30. The van der Waals surface area contributed by atoms with Crippen LogP contribution in [0.1, 0.15) is 43.4 Å². The molecule has 1 aromatic carbocycles. The minimum atomic E-state index is 0.143. The van der Waals surface area contributed by atoms with Crippen LogP contribution in [0.2, 0.25) is 0 Å². The first kappa shape index (κ1) is 13.9. The first-order valence-corrected chi connectivity index (χ1v) is 8.10. The van der Waals surface area contributed by atoms with Crippen molar-refractivity contribution < 1.29 is 0 Å². The Balaban J connectivity index is 1.55. The molecule has 3 heteroatoms. The van der Waals surface area contributed by atoms with Gasteiger partial charge in [0.1, 0.15) is 0 Å². The molecule has 20 heavy (non-hydrogen) atoms. The number of fused-ring (bicyclic) bond motifs is 1. The molecular formula is C17H27N3. The first-order chi connectivity index (χ1) is 9.74. The normalized spacial score (nSPS) is 20.4. The molecule has 1 atom stereocenters. The molecule has 0 aromatic heterocycles. The van der Waals surface area contributed by atoms with Gasteiger partial charge in [-0.25, -0.2) is 0 Å². The van der Waals surface area contributed by atoms with Gasteiger partial charge in [-0.3, -0.25) is 0 Å². The van der Waals surface area contributed by atoms with Gasteiger partial charge >= 0.3 is 0 Å². The average molecular weight is 273 g/mol. The molecule has 110 valence electrons. The minimum absolute atomic E-state index is 0.143. The lowest BCUT2D eigenvalue weighted by atomic mass is 10.0. The number of nitrogens with two attached hydrogens (primary N) is 1. The van der Waals surface area contributed by atoms with Gasteiger partial charge in [0.15, 0.2) is 0 Å². The minimum Gasteiger partial charge on any atom is -0.371 e. The lowest BCUT2D eigenvalue weighted by Crippen LogP contribution is -2.27. The van der Waals surface area contributed by atoms with E-state index in [0.29, 0.717) is 0 Å². The highest BCUT2D eigenvalue weighted by Gasteiger charge is 2.20. The summed E-state index contributed by atoms with van der Waals surface area (Å²) in [4.78, 5) is 5.16. The van der Waals surface area contributed by atoms with E-state index in [4.69, 9.17) is 5.73 Å². The summed E-state index contributed by atoms with van der Waals surface area (Å²) in [5.74, 6) is 0. The monoisotopic (exact) mass is 273 g/mol. The molecular weight excluding hydrogens is 246 g/mol. The maximum Gasteiger partial charge on any atom is 0.0399 e. The van der Waals surface area contributed by atoms with E-state index >= 15 is 0 Å². The zero-order valence-electron chi connectivity index (χ0n) is 12.6. The van der Waals surface area contributed by atoms with Gasteiger partial charge in [-0.05, 0) is 69.4 Å². The van der Waals surface area contributed by atoms with Crippen molar-refractivity contribution >= 4 is 5.69 Å². The highest BCUT2D eigenvalue weighted by molar-refractivity contribution is 5.59. The molecule has 1 aromatic rings. The van der Waals surface area contributed by atoms with Gasteiger partial charge in [0, 0.05) is 24.8 Å². The van der Waals surface area contributed by atoms with Gasteiger partial charge in [-0.1, -0.05) is 12.1 Å². The Morgan fingerprint density at radius 1 is 1.15 bits per heavy atom. The second-order valence-corrected chi connectivity index (χ2v) is 6.32. The fourth-order valence-electron chi connectivity index (χ4n) is 3.50. The number of likely N-dealkylation sites (tertiary alicyclic amines) is 1. The van der Waals surface area contributed by atoms with Crippen LogP contribution in [0.3, 0.4) is 0 Å². The van der Waals surface area contributed by atoms with E-state index in [1.54, 1.807) is 0 Å². The van der Waals surface area contributed by atoms with E-state index in [1.807, 2.05) is 0 Å². The third-order valence-corrected chi connectivity index (χ3v) is 4.72. The van der Waals surface area contributed by atoms with Gasteiger partial charge in [-0.2, -0.15) is 0 Å². The standard InChI is InChI=1S/C17H27N3/c1-14(18)15-5-6-17-16(13-15)7-12-20(17)11-4-10-19-8-2-3-9-19/h5-6,13-14H,2-4,7-12,18H2,1H3. The molecule has 0 bridgehead atoms. The van der Waals surface area contributed by atoms with Crippen LogP contribution in [0.4, 0.5) is 5.69 Å². The summed E-state index contributed by atoms with van der Waals surface area (Å²) in [7, 11) is 0. The molecule has 1 unspecified atom stereocenters. The number of nitrogens with zero attached hydrogens (tertiary/aromatic N) is 2. The molecule has 2 aliphatic rings. The van der Waals surface area contributed by atoms with Crippen molar-refractivity contribution in [2.75, 3.05) is 37.6 Å². The van der Waals surface area contributed by atoms with Crippen LogP contribution < -0.4 is 10.6 Å². The fourth-order valence-corrected chi connectivity index (χ4v) is 3.50. The molecule has 1 saturated heterocycles. The summed E-state index contributed by atoms with van der Waals surface area (Å²) < 4.78 is 0. The summed E-state index contributed by atoms with van der Waals surface area (Å²) in [5, 5.41) is 0. The molecule has 2 heterocycles. The van der Waals surface area contributed by atoms with Crippen LogP contribution in [-0.2, 0) is 6.42 Å². The zero-order valence-corrected chi connectivity index (χ0v) is 12.6. The third kappa shape index (κ3) is 2.99. The Morgan fingerprint density at radius 2 is 1.95 bits per heavy atom. The van der Waals surface area contributed by atoms with Crippen LogP contribution in [0.25, 0.3) is 0 Å². The van der Waals surface area contributed by atoms with Crippen LogP contribution in [0, 0.1) is 0 Å². The molecule has 3 rings (SSSR count). The number of hydrogen-bond donors (Lipinski definition) is 1. The summed E-state index contributed by atoms with van der Waals surface area (Å²) in [6, 6.07) is 6.92. The maximum atomic E-state index is 5.97. The summed E-state index contributed by atoms with van der Waals surface area (Å²) in [6.07, 6.45) is 5.26. The molecule has 0 aliphatic carbocycles. The smallest absolute Gasteiger partial charge is 0.0399 e. The Bertz CT molecular complexity index is 450. The average Bonchev–Trinajstić information content (AvgIpc) is 3.08. The van der Waals surface area contributed by atoms with Crippen molar-refractivity contribution in [2.45, 2.75) is 38.6 Å². The van der Waals surface area contributed by atoms with Crippen LogP contribution in [0.15, 0.2) is 18.2 Å². The van der Waals surface area contributed by atoms with E-state index in [2.05, 4.69) is 34.9 Å². The van der Waals surface area contributed by atoms with Crippen molar-refractivity contribution in [1.82, 2.24) is 4.90 Å². The van der Waals surface area contributed by atoms with Crippen LogP contribution >= 0.6 is 0 Å². The Morgan fingerprint density at radius 3 is 2.70 bits per heavy atom. The van der Waals surface area contributed by atoms with Crippen molar-refractivity contribution in [3.63, 3.8) is 0 Å². The Labute approximate surface area is 122 Å². The summed E-state index contributed by atoms with van der Waals surface area (Å²) >= 11 is 0.